The lowest BCUT2D eigenvalue weighted by Gasteiger charge is -2.15. The summed E-state index contributed by atoms with van der Waals surface area (Å²) in [5.41, 5.74) is 3.07. The van der Waals surface area contributed by atoms with Crippen LogP contribution in [0.1, 0.15) is 34.3 Å². The molecule has 1 amide bonds. The van der Waals surface area contributed by atoms with Gasteiger partial charge in [0.1, 0.15) is 5.75 Å². The van der Waals surface area contributed by atoms with Crippen LogP contribution in [0.15, 0.2) is 42.5 Å². The molecule has 3 nitrogen and oxygen atoms in total. The van der Waals surface area contributed by atoms with Crippen LogP contribution in [0.3, 0.4) is 0 Å². The second-order valence-electron chi connectivity index (χ2n) is 4.50. The van der Waals surface area contributed by atoms with Gasteiger partial charge in [-0.15, -0.1) is 0 Å². The smallest absolute Gasteiger partial charge is 0.255 e. The molecule has 1 heterocycles. The predicted octanol–water partition coefficient (Wildman–Crippen LogP) is 3.11. The van der Waals surface area contributed by atoms with Crippen LogP contribution in [0.5, 0.6) is 5.75 Å². The molecule has 1 aliphatic rings. The fourth-order valence-electron chi connectivity index (χ4n) is 2.54. The number of hydrogen-bond acceptors (Lipinski definition) is 2. The Labute approximate surface area is 105 Å². The number of benzene rings is 2. The molecule has 1 aliphatic heterocycles. The molecule has 18 heavy (non-hydrogen) atoms. The van der Waals surface area contributed by atoms with E-state index in [2.05, 4.69) is 5.32 Å². The zero-order valence-electron chi connectivity index (χ0n) is 9.97. The van der Waals surface area contributed by atoms with Crippen molar-refractivity contribution < 1.29 is 9.90 Å². The molecule has 0 aliphatic carbocycles. The molecule has 1 unspecified atom stereocenters. The van der Waals surface area contributed by atoms with Crippen LogP contribution in [-0.4, -0.2) is 11.0 Å². The number of hydrogen-bond donors (Lipinski definition) is 2. The fourth-order valence-corrected chi connectivity index (χ4v) is 2.54. The van der Waals surface area contributed by atoms with Crippen molar-refractivity contribution in [3.8, 4) is 5.75 Å². The molecule has 2 N–H and O–H groups in total. The highest BCUT2D eigenvalue weighted by Gasteiger charge is 2.26. The molecule has 0 spiro atoms. The monoisotopic (exact) mass is 239 g/mol. The van der Waals surface area contributed by atoms with Crippen LogP contribution >= 0.6 is 0 Å². The Morgan fingerprint density at radius 2 is 1.89 bits per heavy atom. The Morgan fingerprint density at radius 1 is 1.11 bits per heavy atom. The lowest BCUT2D eigenvalue weighted by atomic mass is 9.89. The van der Waals surface area contributed by atoms with Gasteiger partial charge in [0.2, 0.25) is 0 Å². The van der Waals surface area contributed by atoms with E-state index in [-0.39, 0.29) is 17.6 Å². The van der Waals surface area contributed by atoms with Gasteiger partial charge < -0.3 is 10.4 Å². The van der Waals surface area contributed by atoms with Crippen molar-refractivity contribution in [2.75, 3.05) is 5.32 Å². The zero-order chi connectivity index (χ0) is 12.7. The van der Waals surface area contributed by atoms with Crippen LogP contribution < -0.4 is 5.32 Å². The highest BCUT2D eigenvalue weighted by molar-refractivity contribution is 6.07. The van der Waals surface area contributed by atoms with Crippen molar-refractivity contribution in [2.45, 2.75) is 12.8 Å². The first-order chi connectivity index (χ1) is 8.68. The summed E-state index contributed by atoms with van der Waals surface area (Å²) in [6, 6.07) is 12.7. The maximum atomic E-state index is 12.1. The summed E-state index contributed by atoms with van der Waals surface area (Å²) in [4.78, 5) is 12.1. The second-order valence-corrected chi connectivity index (χ2v) is 4.50. The largest absolute Gasteiger partial charge is 0.508 e. The van der Waals surface area contributed by atoms with Crippen molar-refractivity contribution >= 4 is 11.6 Å². The van der Waals surface area contributed by atoms with Crippen LogP contribution in [0.2, 0.25) is 0 Å². The van der Waals surface area contributed by atoms with Crippen molar-refractivity contribution in [2.24, 2.45) is 0 Å². The number of carbonyl (C=O) groups is 1. The predicted molar refractivity (Wildman–Crippen MR) is 70.0 cm³/mol. The molecule has 0 saturated carbocycles. The van der Waals surface area contributed by atoms with E-state index in [9.17, 15) is 9.90 Å². The van der Waals surface area contributed by atoms with E-state index in [1.807, 2.05) is 37.3 Å². The molecule has 2 aromatic carbocycles. The number of anilines is 1. The molecular weight excluding hydrogens is 226 g/mol. The molecule has 0 saturated heterocycles. The van der Waals surface area contributed by atoms with Gasteiger partial charge in [-0.2, -0.15) is 0 Å². The molecule has 90 valence electrons. The number of rotatable bonds is 0. The molecule has 0 bridgehead atoms. The molecule has 3 heteroatoms. The Morgan fingerprint density at radius 3 is 2.72 bits per heavy atom. The van der Waals surface area contributed by atoms with E-state index in [1.165, 1.54) is 0 Å². The summed E-state index contributed by atoms with van der Waals surface area (Å²) < 4.78 is 0. The lowest BCUT2D eigenvalue weighted by Crippen LogP contribution is -2.11. The van der Waals surface area contributed by atoms with Crippen molar-refractivity contribution in [3.63, 3.8) is 0 Å². The highest BCUT2D eigenvalue weighted by Crippen LogP contribution is 2.40. The third-order valence-electron chi connectivity index (χ3n) is 3.44. The standard InChI is InChI=1S/C15H13NO2/c1-9-10-5-2-3-6-11(10)15(18)16-12-7-4-8-13(17)14(9)12/h2-9,17H,1H3,(H,16,18). The van der Waals surface area contributed by atoms with Gasteiger partial charge >= 0.3 is 0 Å². The van der Waals surface area contributed by atoms with E-state index < -0.39 is 0 Å². The Hall–Kier alpha value is -2.29. The SMILES string of the molecule is CC1c2ccccc2C(=O)Nc2cccc(O)c21. The average Bonchev–Trinajstić information content (AvgIpc) is 2.48. The molecule has 3 rings (SSSR count). The van der Waals surface area contributed by atoms with Gasteiger partial charge in [-0.1, -0.05) is 31.2 Å². The minimum atomic E-state index is -0.123. The quantitative estimate of drug-likeness (QED) is 0.742. The Kier molecular flexibility index (Phi) is 2.33. The number of aromatic hydroxyl groups is 1. The number of amides is 1. The highest BCUT2D eigenvalue weighted by atomic mass is 16.3. The summed E-state index contributed by atoms with van der Waals surface area (Å²) in [6.07, 6.45) is 0. The molecule has 0 fully saturated rings. The minimum Gasteiger partial charge on any atom is -0.508 e. The first-order valence-corrected chi connectivity index (χ1v) is 5.90. The lowest BCUT2D eigenvalue weighted by molar-refractivity contribution is 0.102. The molecular formula is C15H13NO2. The summed E-state index contributed by atoms with van der Waals surface area (Å²) in [5, 5.41) is 12.9. The Balaban J connectivity index is 2.29. The van der Waals surface area contributed by atoms with E-state index in [0.717, 1.165) is 11.1 Å². The van der Waals surface area contributed by atoms with Crippen LogP contribution in [0.4, 0.5) is 5.69 Å². The third kappa shape index (κ3) is 1.48. The normalized spacial score (nSPS) is 17.4. The maximum absolute atomic E-state index is 12.1. The number of phenolic OH excluding ortho intramolecular Hbond substituents is 1. The number of phenols is 1. The van der Waals surface area contributed by atoms with Gasteiger partial charge in [0.15, 0.2) is 0 Å². The van der Waals surface area contributed by atoms with Crippen molar-refractivity contribution in [3.05, 3.63) is 59.2 Å². The Bertz CT molecular complexity index is 634. The van der Waals surface area contributed by atoms with Gasteiger partial charge in [-0.25, -0.2) is 0 Å². The van der Waals surface area contributed by atoms with Gasteiger partial charge in [0, 0.05) is 22.7 Å². The fraction of sp³-hybridized carbons (Fsp3) is 0.133. The number of fused-ring (bicyclic) bond motifs is 2. The van der Waals surface area contributed by atoms with Crippen LogP contribution in [0.25, 0.3) is 0 Å². The van der Waals surface area contributed by atoms with E-state index in [0.29, 0.717) is 11.3 Å². The molecule has 2 aromatic rings. The molecule has 1 atom stereocenters. The summed E-state index contributed by atoms with van der Waals surface area (Å²) in [6.45, 7) is 2.00. The van der Waals surface area contributed by atoms with E-state index in [4.69, 9.17) is 0 Å². The van der Waals surface area contributed by atoms with Gasteiger partial charge in [0.25, 0.3) is 5.91 Å². The third-order valence-corrected chi connectivity index (χ3v) is 3.44. The molecule has 0 aromatic heterocycles. The van der Waals surface area contributed by atoms with Crippen LogP contribution in [-0.2, 0) is 0 Å². The van der Waals surface area contributed by atoms with Gasteiger partial charge in [-0.05, 0) is 23.8 Å². The van der Waals surface area contributed by atoms with E-state index >= 15 is 0 Å². The summed E-state index contributed by atoms with van der Waals surface area (Å²) >= 11 is 0. The van der Waals surface area contributed by atoms with E-state index in [1.54, 1.807) is 12.1 Å². The topological polar surface area (TPSA) is 49.3 Å². The maximum Gasteiger partial charge on any atom is 0.255 e. The second kappa shape index (κ2) is 3.88. The first kappa shape index (κ1) is 10.8. The molecule has 0 radical (unpaired) electrons. The first-order valence-electron chi connectivity index (χ1n) is 5.90. The number of nitrogens with one attached hydrogen (secondary N) is 1. The van der Waals surface area contributed by atoms with Gasteiger partial charge in [-0.3, -0.25) is 4.79 Å². The van der Waals surface area contributed by atoms with Crippen molar-refractivity contribution in [1.29, 1.82) is 0 Å². The van der Waals surface area contributed by atoms with Crippen LogP contribution in [0, 0.1) is 0 Å². The average molecular weight is 239 g/mol. The van der Waals surface area contributed by atoms with Crippen molar-refractivity contribution in [1.82, 2.24) is 0 Å². The number of carbonyl (C=O) groups excluding carboxylic acids is 1. The zero-order valence-corrected chi connectivity index (χ0v) is 9.97. The van der Waals surface area contributed by atoms with Gasteiger partial charge in [0.05, 0.1) is 0 Å². The summed E-state index contributed by atoms with van der Waals surface area (Å²) in [7, 11) is 0. The summed E-state index contributed by atoms with van der Waals surface area (Å²) in [5.74, 6) is 0.0788. The minimum absolute atomic E-state index is 0.0173.